The van der Waals surface area contributed by atoms with Crippen molar-refractivity contribution in [3.63, 3.8) is 0 Å². The number of halogens is 1. The van der Waals surface area contributed by atoms with Crippen molar-refractivity contribution in [3.05, 3.63) is 47.0 Å². The van der Waals surface area contributed by atoms with Gasteiger partial charge in [0.15, 0.2) is 0 Å². The summed E-state index contributed by atoms with van der Waals surface area (Å²) in [5.41, 5.74) is 6.60. The lowest BCUT2D eigenvalue weighted by Gasteiger charge is -2.09. The van der Waals surface area contributed by atoms with Crippen LogP contribution in [0, 0.1) is 5.92 Å². The maximum atomic E-state index is 11.7. The second-order valence-corrected chi connectivity index (χ2v) is 4.56. The van der Waals surface area contributed by atoms with Crippen molar-refractivity contribution in [1.82, 2.24) is 0 Å². The van der Waals surface area contributed by atoms with Crippen LogP contribution in [0.3, 0.4) is 0 Å². The number of carbonyl (C=O) groups excluding carboxylic acids is 1. The van der Waals surface area contributed by atoms with Crippen LogP contribution < -0.4 is 5.73 Å². The molecule has 1 aliphatic carbocycles. The zero-order valence-electron chi connectivity index (χ0n) is 9.30. The molecule has 0 bridgehead atoms. The third-order valence-corrected chi connectivity index (χ3v) is 2.97. The molecule has 0 amide bonds. The molecular formula is C13H14ClNO2. The minimum Gasteiger partial charge on any atom is -0.460 e. The van der Waals surface area contributed by atoms with Crippen molar-refractivity contribution in [2.45, 2.75) is 19.1 Å². The summed E-state index contributed by atoms with van der Waals surface area (Å²) in [6, 6.07) is 7.20. The molecular weight excluding hydrogens is 238 g/mol. The Morgan fingerprint density at radius 1 is 1.35 bits per heavy atom. The highest BCUT2D eigenvalue weighted by Gasteiger charge is 2.23. The van der Waals surface area contributed by atoms with E-state index in [1.165, 1.54) is 0 Å². The van der Waals surface area contributed by atoms with Crippen molar-refractivity contribution >= 4 is 17.6 Å². The van der Waals surface area contributed by atoms with Crippen LogP contribution in [0.4, 0.5) is 0 Å². The number of benzene rings is 1. The molecule has 2 rings (SSSR count). The van der Waals surface area contributed by atoms with E-state index in [1.54, 1.807) is 12.1 Å². The van der Waals surface area contributed by atoms with Gasteiger partial charge in [0, 0.05) is 11.1 Å². The molecule has 17 heavy (non-hydrogen) atoms. The highest BCUT2D eigenvalue weighted by molar-refractivity contribution is 6.30. The number of esters is 1. The maximum Gasteiger partial charge on any atom is 0.313 e. The van der Waals surface area contributed by atoms with Crippen LogP contribution in [-0.2, 0) is 16.1 Å². The van der Waals surface area contributed by atoms with Gasteiger partial charge in [-0.1, -0.05) is 35.9 Å². The van der Waals surface area contributed by atoms with E-state index >= 15 is 0 Å². The van der Waals surface area contributed by atoms with Gasteiger partial charge in [-0.3, -0.25) is 4.79 Å². The zero-order valence-corrected chi connectivity index (χ0v) is 10.1. The van der Waals surface area contributed by atoms with Crippen molar-refractivity contribution in [3.8, 4) is 0 Å². The molecule has 0 saturated carbocycles. The first-order chi connectivity index (χ1) is 8.15. The van der Waals surface area contributed by atoms with Gasteiger partial charge < -0.3 is 10.5 Å². The quantitative estimate of drug-likeness (QED) is 0.662. The molecule has 0 fully saturated rings. The molecule has 2 atom stereocenters. The van der Waals surface area contributed by atoms with E-state index in [2.05, 4.69) is 0 Å². The van der Waals surface area contributed by atoms with Gasteiger partial charge in [-0.2, -0.15) is 0 Å². The Kier molecular flexibility index (Phi) is 3.82. The first-order valence-corrected chi connectivity index (χ1v) is 5.88. The van der Waals surface area contributed by atoms with Gasteiger partial charge in [0.2, 0.25) is 0 Å². The lowest BCUT2D eigenvalue weighted by Crippen LogP contribution is -2.20. The first-order valence-electron chi connectivity index (χ1n) is 5.50. The second-order valence-electron chi connectivity index (χ2n) is 4.13. The predicted octanol–water partition coefficient (Wildman–Crippen LogP) is 2.29. The molecule has 0 radical (unpaired) electrons. The SMILES string of the molecule is NC1C=CC(C(=O)OCc2ccc(Cl)cc2)C1. The van der Waals surface area contributed by atoms with E-state index in [-0.39, 0.29) is 24.5 Å². The molecule has 0 aliphatic heterocycles. The van der Waals surface area contributed by atoms with Crippen LogP contribution >= 0.6 is 11.6 Å². The summed E-state index contributed by atoms with van der Waals surface area (Å²) in [7, 11) is 0. The van der Waals surface area contributed by atoms with E-state index < -0.39 is 0 Å². The van der Waals surface area contributed by atoms with E-state index in [9.17, 15) is 4.79 Å². The Morgan fingerprint density at radius 3 is 2.65 bits per heavy atom. The lowest BCUT2D eigenvalue weighted by atomic mass is 10.1. The number of rotatable bonds is 3. The summed E-state index contributed by atoms with van der Waals surface area (Å²) in [6.45, 7) is 0.273. The Hall–Kier alpha value is -1.32. The molecule has 0 spiro atoms. The fourth-order valence-electron chi connectivity index (χ4n) is 1.74. The third-order valence-electron chi connectivity index (χ3n) is 2.71. The topological polar surface area (TPSA) is 52.3 Å². The molecule has 2 N–H and O–H groups in total. The van der Waals surface area contributed by atoms with Gasteiger partial charge in [-0.15, -0.1) is 0 Å². The number of hydrogen-bond donors (Lipinski definition) is 1. The number of ether oxygens (including phenoxy) is 1. The highest BCUT2D eigenvalue weighted by atomic mass is 35.5. The lowest BCUT2D eigenvalue weighted by molar-refractivity contribution is -0.148. The monoisotopic (exact) mass is 251 g/mol. The molecule has 90 valence electrons. The molecule has 0 saturated heterocycles. The second kappa shape index (κ2) is 5.34. The molecule has 1 aliphatic rings. The van der Waals surface area contributed by atoms with Crippen LogP contribution in [-0.4, -0.2) is 12.0 Å². The Bertz CT molecular complexity index is 428. The smallest absolute Gasteiger partial charge is 0.313 e. The highest BCUT2D eigenvalue weighted by Crippen LogP contribution is 2.18. The van der Waals surface area contributed by atoms with Crippen molar-refractivity contribution in [1.29, 1.82) is 0 Å². The Labute approximate surface area is 105 Å². The summed E-state index contributed by atoms with van der Waals surface area (Å²) in [5, 5.41) is 0.671. The normalized spacial score (nSPS) is 22.7. The fourth-order valence-corrected chi connectivity index (χ4v) is 1.87. The van der Waals surface area contributed by atoms with Crippen LogP contribution in [0.5, 0.6) is 0 Å². The molecule has 0 heterocycles. The van der Waals surface area contributed by atoms with Gasteiger partial charge in [0.1, 0.15) is 6.61 Å². The van der Waals surface area contributed by atoms with Gasteiger partial charge >= 0.3 is 5.97 Å². The van der Waals surface area contributed by atoms with Crippen LogP contribution in [0.15, 0.2) is 36.4 Å². The fraction of sp³-hybridized carbons (Fsp3) is 0.308. The van der Waals surface area contributed by atoms with Crippen molar-refractivity contribution in [2.24, 2.45) is 11.7 Å². The summed E-state index contributed by atoms with van der Waals surface area (Å²) in [4.78, 5) is 11.7. The zero-order chi connectivity index (χ0) is 12.3. The minimum atomic E-state index is -0.218. The molecule has 3 nitrogen and oxygen atoms in total. The molecule has 1 aromatic rings. The largest absolute Gasteiger partial charge is 0.460 e. The average Bonchev–Trinajstić information content (AvgIpc) is 2.75. The van der Waals surface area contributed by atoms with Gasteiger partial charge in [0.05, 0.1) is 5.92 Å². The minimum absolute atomic E-state index is 0.0249. The Morgan fingerprint density at radius 2 is 2.06 bits per heavy atom. The van der Waals surface area contributed by atoms with Crippen molar-refractivity contribution in [2.75, 3.05) is 0 Å². The summed E-state index contributed by atoms with van der Waals surface area (Å²) in [5.74, 6) is -0.415. The molecule has 1 aromatic carbocycles. The standard InChI is InChI=1S/C13H14ClNO2/c14-11-4-1-9(2-5-11)8-17-13(16)10-3-6-12(15)7-10/h1-6,10,12H,7-8,15H2. The maximum absolute atomic E-state index is 11.7. The third kappa shape index (κ3) is 3.32. The number of nitrogens with two attached hydrogens (primary N) is 1. The van der Waals surface area contributed by atoms with E-state index in [0.29, 0.717) is 11.4 Å². The molecule has 4 heteroatoms. The summed E-state index contributed by atoms with van der Waals surface area (Å²) in [6.07, 6.45) is 4.29. The average molecular weight is 252 g/mol. The predicted molar refractivity (Wildman–Crippen MR) is 66.5 cm³/mol. The Balaban J connectivity index is 1.84. The van der Waals surface area contributed by atoms with Gasteiger partial charge in [0.25, 0.3) is 0 Å². The van der Waals surface area contributed by atoms with E-state index in [4.69, 9.17) is 22.1 Å². The van der Waals surface area contributed by atoms with Gasteiger partial charge in [-0.25, -0.2) is 0 Å². The molecule has 0 aromatic heterocycles. The van der Waals surface area contributed by atoms with Gasteiger partial charge in [-0.05, 0) is 24.1 Å². The van der Waals surface area contributed by atoms with Crippen molar-refractivity contribution < 1.29 is 9.53 Å². The first kappa shape index (κ1) is 12.1. The number of carbonyl (C=O) groups is 1. The van der Waals surface area contributed by atoms with E-state index in [1.807, 2.05) is 24.3 Å². The number of hydrogen-bond acceptors (Lipinski definition) is 3. The van der Waals surface area contributed by atoms with Crippen LogP contribution in [0.25, 0.3) is 0 Å². The molecule has 2 unspecified atom stereocenters. The summed E-state index contributed by atoms with van der Waals surface area (Å²) >= 11 is 5.76. The summed E-state index contributed by atoms with van der Waals surface area (Å²) < 4.78 is 5.21. The van der Waals surface area contributed by atoms with Crippen LogP contribution in [0.2, 0.25) is 5.02 Å². The van der Waals surface area contributed by atoms with E-state index in [0.717, 1.165) is 5.56 Å². The van der Waals surface area contributed by atoms with Crippen LogP contribution in [0.1, 0.15) is 12.0 Å².